The van der Waals surface area contributed by atoms with Crippen LogP contribution in [0.25, 0.3) is 0 Å². The maximum Gasteiger partial charge on any atom is 0.309 e. The average Bonchev–Trinajstić information content (AvgIpc) is 1.94. The zero-order valence-electron chi connectivity index (χ0n) is 53.3. The topological polar surface area (TPSA) is 353 Å². The number of fused-ring (bicyclic) bond motifs is 3. The molecule has 2 bridgehead atoms. The molecule has 6 aliphatic heterocycles. The third kappa shape index (κ3) is 20.8. The van der Waals surface area contributed by atoms with E-state index in [0.717, 1.165) is 103 Å². The first-order chi connectivity index (χ1) is 42.1. The lowest BCUT2D eigenvalue weighted by atomic mass is 9.95. The Bertz CT molecular complexity index is 2010. The second-order valence-corrected chi connectivity index (χ2v) is 25.4. The summed E-state index contributed by atoms with van der Waals surface area (Å²) in [6.07, 6.45) is -21.1. The fourth-order valence-electron chi connectivity index (χ4n) is 12.3. The van der Waals surface area contributed by atoms with Crippen LogP contribution in [0, 0.1) is 5.92 Å². The number of unbranched alkanes of at least 4 members (excludes halogenated alkanes) is 10. The molecule has 6 aliphatic rings. The van der Waals surface area contributed by atoms with Gasteiger partial charge in [-0.1, -0.05) is 137 Å². The number of aliphatic hydroxyl groups excluding tert-OH is 9. The Balaban J connectivity index is 1.36. The van der Waals surface area contributed by atoms with Crippen LogP contribution < -0.4 is 0 Å². The van der Waals surface area contributed by atoms with Crippen molar-refractivity contribution in [3.63, 3.8) is 0 Å². The Morgan fingerprint density at radius 1 is 0.489 bits per heavy atom. The van der Waals surface area contributed by atoms with Crippen LogP contribution in [0.15, 0.2) is 0 Å². The first-order valence-corrected chi connectivity index (χ1v) is 33.3. The van der Waals surface area contributed by atoms with Gasteiger partial charge in [0.2, 0.25) is 0 Å². The summed E-state index contributed by atoms with van der Waals surface area (Å²) < 4.78 is 82.2. The minimum absolute atomic E-state index is 0.0428. The Kier molecular flexibility index (Phi) is 31.8. The molecule has 0 radical (unpaired) electrons. The van der Waals surface area contributed by atoms with Crippen molar-refractivity contribution in [3.05, 3.63) is 0 Å². The van der Waals surface area contributed by atoms with Gasteiger partial charge in [-0.15, -0.1) is 0 Å². The number of ether oxygens (including phenoxy) is 13. The van der Waals surface area contributed by atoms with Crippen molar-refractivity contribution in [2.45, 2.75) is 369 Å². The van der Waals surface area contributed by atoms with Gasteiger partial charge in [0.05, 0.1) is 43.0 Å². The molecule has 0 aromatic rings. The van der Waals surface area contributed by atoms with Crippen molar-refractivity contribution in [1.82, 2.24) is 0 Å². The van der Waals surface area contributed by atoms with Gasteiger partial charge in [-0.2, -0.15) is 0 Å². The van der Waals surface area contributed by atoms with E-state index in [9.17, 15) is 60.3 Å². The molecule has 25 heteroatoms. The van der Waals surface area contributed by atoms with Gasteiger partial charge in [0.15, 0.2) is 49.8 Å². The largest absolute Gasteiger partial charge is 0.457 e. The van der Waals surface area contributed by atoms with Gasteiger partial charge in [0, 0.05) is 12.8 Å². The predicted octanol–water partition coefficient (Wildman–Crippen LogP) is 4.30. The van der Waals surface area contributed by atoms with E-state index < -0.39 is 184 Å². The number of rotatable bonds is 25. The molecule has 88 heavy (non-hydrogen) atoms. The number of hydrogen-bond donors (Lipinski definition) is 9. The van der Waals surface area contributed by atoms with Crippen molar-refractivity contribution >= 4 is 17.9 Å². The van der Waals surface area contributed by atoms with Crippen LogP contribution in [0.5, 0.6) is 0 Å². The highest BCUT2D eigenvalue weighted by Gasteiger charge is 2.59. The number of carbonyl (C=O) groups is 3. The van der Waals surface area contributed by atoms with Crippen LogP contribution in [0.1, 0.15) is 209 Å². The van der Waals surface area contributed by atoms with Gasteiger partial charge in [-0.05, 0) is 59.8 Å². The van der Waals surface area contributed by atoms with Crippen molar-refractivity contribution in [3.8, 4) is 0 Å². The summed E-state index contributed by atoms with van der Waals surface area (Å²) in [5, 5.41) is 102. The Labute approximate surface area is 519 Å². The molecule has 0 aromatic heterocycles. The van der Waals surface area contributed by atoms with E-state index >= 15 is 0 Å². The summed E-state index contributed by atoms with van der Waals surface area (Å²) in [7, 11) is 0. The number of hydrogen-bond acceptors (Lipinski definition) is 25. The number of carbonyl (C=O) groups excluding carboxylic acids is 3. The molecule has 6 fully saturated rings. The van der Waals surface area contributed by atoms with Gasteiger partial charge < -0.3 is 108 Å². The van der Waals surface area contributed by atoms with E-state index in [-0.39, 0.29) is 18.9 Å². The van der Waals surface area contributed by atoms with Gasteiger partial charge in [0.25, 0.3) is 0 Å². The summed E-state index contributed by atoms with van der Waals surface area (Å²) in [4.78, 5) is 41.3. The fraction of sp³-hybridized carbons (Fsp3) is 0.952. The molecule has 0 aromatic carbocycles. The molecule has 0 spiro atoms. The summed E-state index contributed by atoms with van der Waals surface area (Å²) in [5.74, 6) is -2.65. The highest BCUT2D eigenvalue weighted by molar-refractivity contribution is 5.72. The molecule has 27 atom stereocenters. The third-order valence-electron chi connectivity index (χ3n) is 18.2. The van der Waals surface area contributed by atoms with E-state index in [0.29, 0.717) is 38.5 Å². The highest BCUT2D eigenvalue weighted by atomic mass is 16.8. The summed E-state index contributed by atoms with van der Waals surface area (Å²) in [6.45, 7) is 13.0. The molecule has 512 valence electrons. The van der Waals surface area contributed by atoms with E-state index in [1.54, 1.807) is 27.7 Å². The fourth-order valence-corrected chi connectivity index (χ4v) is 12.3. The zero-order chi connectivity index (χ0) is 64.2. The number of aliphatic hydroxyl groups is 9. The molecular formula is C63H110O25. The lowest BCUT2D eigenvalue weighted by Crippen LogP contribution is -2.68. The third-order valence-corrected chi connectivity index (χ3v) is 18.2. The van der Waals surface area contributed by atoms with Crippen molar-refractivity contribution in [1.29, 1.82) is 0 Å². The Morgan fingerprint density at radius 2 is 1.05 bits per heavy atom. The quantitative estimate of drug-likeness (QED) is 0.0349. The second-order valence-electron chi connectivity index (χ2n) is 25.4. The standard InChI is InChI=1S/C63H110O25/c1-9-12-14-15-16-17-20-23-28-32-42(66)83-57-56(88-60-48(72)45(69)44(68)40(33-64)81-60)53(85-59-49(73)47(71)51(36(6)77-59)84-58(75)34(4)11-3)38(8)79-63(57)86-52-37(7)78-61-50(74)54(52)82-41(65)31-27-24-21-18-19-22-26-30-39(29-25-13-10-2)80-62-55(87-61)46(70)43(67)35(5)76-62/h34-40,43-57,59-64,67-74H,9-33H2,1-8H3/t34-,35+,36-,37-,38-,39?,40+,43-,44+,45-,46-,47-,48+,49+,50+,51-,52-,53-,54-,55+,56+,57+,59-,60-,61-,62-,63-/m0/s1. The van der Waals surface area contributed by atoms with Crippen LogP contribution in [-0.4, -0.2) is 230 Å². The van der Waals surface area contributed by atoms with Gasteiger partial charge in [-0.25, -0.2) is 0 Å². The SMILES string of the molecule is CCCCCCCCCCCC(=O)O[C@H]1[C@H](O[C@@H]2[C@H]3OC(=O)CCCCCCCCCC(CCCCC)O[C@@H]4O[C@H](C)[C@H](O)[C@H](O)[C@H]4O[C@H](O[C@H]2C)[C@@H]3O)O[C@@H](C)[C@H](O[C@@H]2O[C@@H](C)[C@H](OC(=O)[C@@H](C)CC)[C@@H](O)[C@H]2O)[C@H]1O[C@@H]1O[C@H](CO)[C@@H](O)[C@H](O)[C@H]1O. The van der Waals surface area contributed by atoms with Crippen molar-refractivity contribution < 1.29 is 122 Å². The average molecular weight is 1270 g/mol. The van der Waals surface area contributed by atoms with Crippen LogP contribution in [0.2, 0.25) is 0 Å². The highest BCUT2D eigenvalue weighted by Crippen LogP contribution is 2.40. The van der Waals surface area contributed by atoms with Gasteiger partial charge in [-0.3, -0.25) is 14.4 Å². The Hall–Kier alpha value is -2.35. The van der Waals surface area contributed by atoms with Crippen LogP contribution >= 0.6 is 0 Å². The van der Waals surface area contributed by atoms with E-state index in [1.807, 2.05) is 0 Å². The smallest absolute Gasteiger partial charge is 0.309 e. The van der Waals surface area contributed by atoms with Crippen molar-refractivity contribution in [2.75, 3.05) is 6.61 Å². The summed E-state index contributed by atoms with van der Waals surface area (Å²) >= 11 is 0. The zero-order valence-corrected chi connectivity index (χ0v) is 53.3. The molecular weight excluding hydrogens is 1160 g/mol. The maximum atomic E-state index is 14.4. The summed E-state index contributed by atoms with van der Waals surface area (Å²) in [6, 6.07) is 0. The molecule has 0 saturated carbocycles. The van der Waals surface area contributed by atoms with Crippen molar-refractivity contribution in [2.24, 2.45) is 5.92 Å². The molecule has 6 heterocycles. The molecule has 1 unspecified atom stereocenters. The van der Waals surface area contributed by atoms with E-state index in [4.69, 9.17) is 61.6 Å². The minimum Gasteiger partial charge on any atom is -0.457 e. The molecule has 6 saturated heterocycles. The Morgan fingerprint density at radius 3 is 1.72 bits per heavy atom. The number of esters is 3. The van der Waals surface area contributed by atoms with Crippen LogP contribution in [-0.2, 0) is 76.0 Å². The van der Waals surface area contributed by atoms with E-state index in [2.05, 4.69) is 13.8 Å². The van der Waals surface area contributed by atoms with Crippen LogP contribution in [0.3, 0.4) is 0 Å². The first-order valence-electron chi connectivity index (χ1n) is 33.3. The normalized spacial score (nSPS) is 41.3. The lowest BCUT2D eigenvalue weighted by molar-refractivity contribution is -0.400. The molecule has 0 aliphatic carbocycles. The molecule has 0 amide bonds. The van der Waals surface area contributed by atoms with Gasteiger partial charge >= 0.3 is 17.9 Å². The monoisotopic (exact) mass is 1270 g/mol. The predicted molar refractivity (Wildman–Crippen MR) is 312 cm³/mol. The molecule has 6 rings (SSSR count). The lowest BCUT2D eigenvalue weighted by Gasteiger charge is -2.51. The molecule has 9 N–H and O–H groups in total. The molecule has 25 nitrogen and oxygen atoms in total. The van der Waals surface area contributed by atoms with Gasteiger partial charge in [0.1, 0.15) is 79.4 Å². The minimum atomic E-state index is -2.02. The second kappa shape index (κ2) is 37.5. The summed E-state index contributed by atoms with van der Waals surface area (Å²) in [5.41, 5.74) is 0. The maximum absolute atomic E-state index is 14.4. The first kappa shape index (κ1) is 74.7. The van der Waals surface area contributed by atoms with E-state index in [1.165, 1.54) is 13.8 Å². The van der Waals surface area contributed by atoms with Crippen LogP contribution in [0.4, 0.5) is 0 Å².